The van der Waals surface area contributed by atoms with E-state index in [0.29, 0.717) is 5.57 Å². The van der Waals surface area contributed by atoms with Gasteiger partial charge in [-0.15, -0.1) is 0 Å². The summed E-state index contributed by atoms with van der Waals surface area (Å²) in [6, 6.07) is 0. The number of unbranched alkanes of at least 4 members (excludes halogenated alkanes) is 11. The number of hydrogen-bond acceptors (Lipinski definition) is 10. The molecule has 0 spiro atoms. The van der Waals surface area contributed by atoms with Crippen LogP contribution in [-0.4, -0.2) is 86.5 Å². The van der Waals surface area contributed by atoms with Crippen molar-refractivity contribution in [1.29, 1.82) is 0 Å². The van der Waals surface area contributed by atoms with Gasteiger partial charge in [0.15, 0.2) is 17.0 Å². The molecule has 3 bridgehead atoms. The van der Waals surface area contributed by atoms with Gasteiger partial charge in [0, 0.05) is 30.8 Å². The zero-order valence-electron chi connectivity index (χ0n) is 29.4. The van der Waals surface area contributed by atoms with E-state index in [1.54, 1.807) is 26.0 Å². The van der Waals surface area contributed by atoms with Crippen LogP contribution < -0.4 is 0 Å². The lowest BCUT2D eigenvalue weighted by Gasteiger charge is -2.61. The zero-order valence-corrected chi connectivity index (χ0v) is 29.4. The normalized spacial score (nSPS) is 45.0. The fraction of sp³-hybridized carbons (Fsp3) is 0.789. The first-order valence-electron chi connectivity index (χ1n) is 18.3. The van der Waals surface area contributed by atoms with Gasteiger partial charge in [0.05, 0.1) is 12.2 Å². The highest BCUT2D eigenvalue weighted by Crippen LogP contribution is 2.73. The van der Waals surface area contributed by atoms with E-state index in [1.807, 2.05) is 13.0 Å². The van der Waals surface area contributed by atoms with Gasteiger partial charge in [0.2, 0.25) is 0 Å². The van der Waals surface area contributed by atoms with Crippen LogP contribution in [0.15, 0.2) is 36.0 Å². The summed E-state index contributed by atoms with van der Waals surface area (Å²) in [5.41, 5.74) is -6.03. The Morgan fingerprint density at radius 1 is 1.00 bits per heavy atom. The van der Waals surface area contributed by atoms with Crippen molar-refractivity contribution in [1.82, 2.24) is 0 Å². The summed E-state index contributed by atoms with van der Waals surface area (Å²) in [6.07, 6.45) is 15.4. The van der Waals surface area contributed by atoms with Crippen LogP contribution in [-0.2, 0) is 33.3 Å². The lowest BCUT2D eigenvalue weighted by atomic mass is 9.53. The molecule has 6 rings (SSSR count). The molecule has 3 aliphatic carbocycles. The first-order chi connectivity index (χ1) is 22.8. The number of hydrogen-bond donors (Lipinski definition) is 3. The average Bonchev–Trinajstić information content (AvgIpc) is 3.67. The molecule has 3 N–H and O–H groups in total. The number of fused-ring (bicyclic) bond motifs is 3. The van der Waals surface area contributed by atoms with E-state index >= 15 is 0 Å². The van der Waals surface area contributed by atoms with Crippen LogP contribution in [0.2, 0.25) is 0 Å². The minimum Gasteiger partial charge on any atom is -0.459 e. The lowest BCUT2D eigenvalue weighted by Crippen LogP contribution is -2.76. The van der Waals surface area contributed by atoms with Crippen molar-refractivity contribution in [2.45, 2.75) is 164 Å². The third-order valence-electron chi connectivity index (χ3n) is 12.4. The molecule has 268 valence electrons. The lowest BCUT2D eigenvalue weighted by molar-refractivity contribution is -0.407. The molecule has 2 saturated carbocycles. The quantitative estimate of drug-likeness (QED) is 0.0890. The molecular formula is C38H56O10. The second kappa shape index (κ2) is 13.0. The van der Waals surface area contributed by atoms with E-state index in [-0.39, 0.29) is 5.57 Å². The molecule has 12 atom stereocenters. The maximum Gasteiger partial charge on any atom is 0.306 e. The van der Waals surface area contributed by atoms with Gasteiger partial charge in [-0.1, -0.05) is 96.8 Å². The van der Waals surface area contributed by atoms with E-state index < -0.39 is 88.9 Å². The largest absolute Gasteiger partial charge is 0.459 e. The molecule has 48 heavy (non-hydrogen) atoms. The summed E-state index contributed by atoms with van der Waals surface area (Å²) in [6.45, 7) is 12.4. The van der Waals surface area contributed by atoms with E-state index in [0.717, 1.165) is 19.3 Å². The molecule has 0 radical (unpaired) electrons. The van der Waals surface area contributed by atoms with Gasteiger partial charge >= 0.3 is 11.9 Å². The zero-order chi connectivity index (χ0) is 34.7. The fourth-order valence-corrected chi connectivity index (χ4v) is 9.96. The number of carbonyl (C=O) groups is 2. The van der Waals surface area contributed by atoms with E-state index in [2.05, 4.69) is 13.5 Å². The second-order valence-corrected chi connectivity index (χ2v) is 15.4. The van der Waals surface area contributed by atoms with Crippen molar-refractivity contribution in [3.05, 3.63) is 36.0 Å². The number of esters is 1. The van der Waals surface area contributed by atoms with Gasteiger partial charge in [0.25, 0.3) is 0 Å². The number of rotatable bonds is 16. The van der Waals surface area contributed by atoms with Gasteiger partial charge in [0.1, 0.15) is 30.0 Å². The summed E-state index contributed by atoms with van der Waals surface area (Å²) in [7, 11) is 0. The standard InChI is InChI=1S/C38H56O10/c1-7-8-9-10-11-12-13-14-15-16-17-18-19-20-35-46-32-28-31-34(22-39,45-31)33(42)36(43)27(21-24(4)29(36)41)38(28,48-35)25(5)30(44-26(6)40)37(32,47-35)23(2)3/h19-21,25,27-28,30-33,39,42-43H,2,7-18,22H2,1,3-6H3/b20-19+/t25-,27-,28+,30-,31+,32-,33-,34+,35-,36-,37+,38+/m1/s1. The molecule has 0 aromatic rings. The van der Waals surface area contributed by atoms with Crippen molar-refractivity contribution in [3.63, 3.8) is 0 Å². The van der Waals surface area contributed by atoms with Crippen LogP contribution in [0.25, 0.3) is 0 Å². The Labute approximate surface area is 284 Å². The topological polar surface area (TPSA) is 144 Å². The molecule has 3 heterocycles. The summed E-state index contributed by atoms with van der Waals surface area (Å²) in [5, 5.41) is 34.7. The Kier molecular flexibility index (Phi) is 9.72. The molecular weight excluding hydrogens is 616 g/mol. The molecule has 6 aliphatic rings. The van der Waals surface area contributed by atoms with E-state index in [1.165, 1.54) is 64.7 Å². The number of aliphatic hydroxyl groups is 3. The summed E-state index contributed by atoms with van der Waals surface area (Å²) >= 11 is 0. The van der Waals surface area contributed by atoms with Crippen molar-refractivity contribution < 1.29 is 48.6 Å². The molecule has 0 aromatic heterocycles. The Hall–Kier alpha value is -1.92. The summed E-state index contributed by atoms with van der Waals surface area (Å²) in [5.74, 6) is -5.46. The third-order valence-corrected chi connectivity index (χ3v) is 12.4. The van der Waals surface area contributed by atoms with Gasteiger partial charge in [-0.2, -0.15) is 0 Å². The van der Waals surface area contributed by atoms with Crippen molar-refractivity contribution >= 4 is 11.8 Å². The number of Topliss-reactive ketones (excluding diaryl/α,β-unsaturated/α-hetero) is 1. The molecule has 0 unspecified atom stereocenters. The highest BCUT2D eigenvalue weighted by atomic mass is 16.9. The highest BCUT2D eigenvalue weighted by Gasteiger charge is 2.90. The van der Waals surface area contributed by atoms with E-state index in [4.69, 9.17) is 23.7 Å². The number of allylic oxidation sites excluding steroid dienone is 1. The third kappa shape index (κ3) is 5.07. The van der Waals surface area contributed by atoms with E-state index in [9.17, 15) is 24.9 Å². The smallest absolute Gasteiger partial charge is 0.306 e. The van der Waals surface area contributed by atoms with Gasteiger partial charge in [-0.3, -0.25) is 9.59 Å². The molecule has 3 saturated heterocycles. The molecule has 0 aromatic carbocycles. The Bertz CT molecular complexity index is 1340. The van der Waals surface area contributed by atoms with Gasteiger partial charge < -0.3 is 39.0 Å². The predicted molar refractivity (Wildman–Crippen MR) is 176 cm³/mol. The van der Waals surface area contributed by atoms with Crippen LogP contribution in [0.4, 0.5) is 0 Å². The first-order valence-corrected chi connectivity index (χ1v) is 18.3. The summed E-state index contributed by atoms with van der Waals surface area (Å²) < 4.78 is 32.8. The van der Waals surface area contributed by atoms with Crippen LogP contribution in [0.1, 0.15) is 112 Å². The maximum atomic E-state index is 13.7. The minimum atomic E-state index is -2.37. The maximum absolute atomic E-state index is 13.7. The predicted octanol–water partition coefficient (Wildman–Crippen LogP) is 4.98. The number of carbonyl (C=O) groups excluding carboxylic acids is 2. The number of ketones is 1. The molecule has 5 fully saturated rings. The van der Waals surface area contributed by atoms with Gasteiger partial charge in [-0.25, -0.2) is 0 Å². The Morgan fingerprint density at radius 2 is 1.62 bits per heavy atom. The minimum absolute atomic E-state index is 0.263. The van der Waals surface area contributed by atoms with Crippen LogP contribution >= 0.6 is 0 Å². The van der Waals surface area contributed by atoms with Crippen molar-refractivity contribution in [3.8, 4) is 0 Å². The SMILES string of the molecule is C=C(C)[C@@]12O[C@@]3(/C=C/CCCCCCCCCCCCC)O[C@@H]1[C@@H]1[C@@H]4O[C@]4(CO)[C@@H](O)[C@]4(O)C(=O)C(C)=C[C@H]4[C@@]1(O3)[C@H](C)[C@H]2OC(C)=O. The average molecular weight is 673 g/mol. The molecule has 3 aliphatic heterocycles. The number of ether oxygens (including phenoxy) is 5. The Morgan fingerprint density at radius 3 is 2.21 bits per heavy atom. The van der Waals surface area contributed by atoms with Crippen LogP contribution in [0, 0.1) is 17.8 Å². The molecule has 10 heteroatoms. The number of aliphatic hydroxyl groups excluding tert-OH is 2. The van der Waals surface area contributed by atoms with Crippen molar-refractivity contribution in [2.75, 3.05) is 6.61 Å². The molecule has 0 amide bonds. The fourth-order valence-electron chi connectivity index (χ4n) is 9.96. The van der Waals surface area contributed by atoms with Crippen LogP contribution in [0.5, 0.6) is 0 Å². The van der Waals surface area contributed by atoms with Crippen molar-refractivity contribution in [2.24, 2.45) is 17.8 Å². The summed E-state index contributed by atoms with van der Waals surface area (Å²) in [4.78, 5) is 26.4. The highest BCUT2D eigenvalue weighted by molar-refractivity contribution is 6.05. The monoisotopic (exact) mass is 672 g/mol. The van der Waals surface area contributed by atoms with Crippen LogP contribution in [0.3, 0.4) is 0 Å². The van der Waals surface area contributed by atoms with Gasteiger partial charge in [-0.05, 0) is 37.8 Å². The number of epoxide rings is 1. The first kappa shape index (κ1) is 35.9. The second-order valence-electron chi connectivity index (χ2n) is 15.4. The molecule has 10 nitrogen and oxygen atoms in total. The Balaban J connectivity index is 1.28.